The van der Waals surface area contributed by atoms with Crippen LogP contribution in [0, 0.1) is 0 Å². The number of amides is 1. The third kappa shape index (κ3) is 1.91. The van der Waals surface area contributed by atoms with Gasteiger partial charge in [-0.25, -0.2) is 0 Å². The Morgan fingerprint density at radius 1 is 1.64 bits per heavy atom. The van der Waals surface area contributed by atoms with E-state index in [0.29, 0.717) is 0 Å². The minimum absolute atomic E-state index is 0.0556. The van der Waals surface area contributed by atoms with E-state index in [9.17, 15) is 4.79 Å². The molecular formula is C7H15N3O. The Bertz CT molecular complexity index is 158. The molecule has 0 radical (unpaired) electrons. The van der Waals surface area contributed by atoms with Crippen LogP contribution in [0.25, 0.3) is 0 Å². The van der Waals surface area contributed by atoms with Crippen molar-refractivity contribution in [2.24, 2.45) is 5.73 Å². The van der Waals surface area contributed by atoms with Gasteiger partial charge >= 0.3 is 0 Å². The van der Waals surface area contributed by atoms with E-state index in [2.05, 4.69) is 5.32 Å². The Morgan fingerprint density at radius 2 is 2.27 bits per heavy atom. The van der Waals surface area contributed by atoms with Gasteiger partial charge in [0.05, 0.1) is 6.04 Å². The topological polar surface area (TPSA) is 58.4 Å². The summed E-state index contributed by atoms with van der Waals surface area (Å²) in [6, 6.07) is 0.0869. The smallest absolute Gasteiger partial charge is 0.239 e. The minimum atomic E-state index is -0.0556. The number of hydrogen-bond acceptors (Lipinski definition) is 3. The zero-order valence-electron chi connectivity index (χ0n) is 7.00. The maximum atomic E-state index is 11.3. The summed E-state index contributed by atoms with van der Waals surface area (Å²) >= 11 is 0. The monoisotopic (exact) mass is 157 g/mol. The van der Waals surface area contributed by atoms with Gasteiger partial charge < -0.3 is 16.0 Å². The lowest BCUT2D eigenvalue weighted by atomic mass is 10.1. The predicted molar refractivity (Wildman–Crippen MR) is 43.1 cm³/mol. The third-order valence-corrected chi connectivity index (χ3v) is 1.90. The summed E-state index contributed by atoms with van der Waals surface area (Å²) in [5.74, 6) is 0.123. The number of carbonyl (C=O) groups excluding carboxylic acids is 1. The molecule has 3 N–H and O–H groups in total. The first-order valence-corrected chi connectivity index (χ1v) is 3.81. The Labute approximate surface area is 66.7 Å². The first kappa shape index (κ1) is 8.49. The summed E-state index contributed by atoms with van der Waals surface area (Å²) in [6.07, 6.45) is 0.761. The van der Waals surface area contributed by atoms with E-state index >= 15 is 0 Å². The molecule has 1 rings (SSSR count). The summed E-state index contributed by atoms with van der Waals surface area (Å²) in [5.41, 5.74) is 5.63. The Balaban J connectivity index is 2.43. The van der Waals surface area contributed by atoms with Crippen molar-refractivity contribution in [2.75, 3.05) is 20.6 Å². The van der Waals surface area contributed by atoms with Crippen LogP contribution in [0.3, 0.4) is 0 Å². The van der Waals surface area contributed by atoms with E-state index in [1.807, 2.05) is 0 Å². The molecule has 1 fully saturated rings. The summed E-state index contributed by atoms with van der Waals surface area (Å²) in [7, 11) is 3.52. The Morgan fingerprint density at radius 3 is 2.64 bits per heavy atom. The third-order valence-electron chi connectivity index (χ3n) is 1.90. The van der Waals surface area contributed by atoms with Crippen molar-refractivity contribution in [3.8, 4) is 0 Å². The van der Waals surface area contributed by atoms with Crippen molar-refractivity contribution in [3.63, 3.8) is 0 Å². The second kappa shape index (κ2) is 3.19. The zero-order valence-corrected chi connectivity index (χ0v) is 7.00. The molecule has 0 aromatic rings. The molecule has 4 nitrogen and oxygen atoms in total. The fourth-order valence-electron chi connectivity index (χ4n) is 1.26. The van der Waals surface area contributed by atoms with Gasteiger partial charge in [-0.1, -0.05) is 0 Å². The van der Waals surface area contributed by atoms with Gasteiger partial charge in [-0.3, -0.25) is 4.79 Å². The lowest BCUT2D eigenvalue weighted by molar-refractivity contribution is -0.130. The molecular weight excluding hydrogens is 142 g/mol. The van der Waals surface area contributed by atoms with Crippen LogP contribution in [-0.4, -0.2) is 43.5 Å². The van der Waals surface area contributed by atoms with Crippen molar-refractivity contribution in [1.29, 1.82) is 0 Å². The second-order valence-electron chi connectivity index (χ2n) is 3.19. The number of nitrogens with one attached hydrogen (secondary N) is 1. The number of carbonyl (C=O) groups is 1. The van der Waals surface area contributed by atoms with E-state index in [1.165, 1.54) is 0 Å². The molecule has 0 bridgehead atoms. The molecule has 11 heavy (non-hydrogen) atoms. The molecule has 4 heteroatoms. The van der Waals surface area contributed by atoms with E-state index in [1.54, 1.807) is 19.0 Å². The van der Waals surface area contributed by atoms with Crippen LogP contribution in [0.2, 0.25) is 0 Å². The number of nitrogens with zero attached hydrogens (tertiary/aromatic N) is 1. The highest BCUT2D eigenvalue weighted by atomic mass is 16.2. The van der Waals surface area contributed by atoms with Crippen molar-refractivity contribution in [3.05, 3.63) is 0 Å². The Hall–Kier alpha value is -0.610. The summed E-state index contributed by atoms with van der Waals surface area (Å²) in [4.78, 5) is 12.9. The minimum Gasteiger partial charge on any atom is -0.347 e. The highest BCUT2D eigenvalue weighted by Gasteiger charge is 2.27. The number of rotatable bonds is 1. The van der Waals surface area contributed by atoms with Crippen molar-refractivity contribution < 1.29 is 4.79 Å². The zero-order chi connectivity index (χ0) is 8.43. The first-order valence-electron chi connectivity index (χ1n) is 3.81. The van der Waals surface area contributed by atoms with Crippen LogP contribution < -0.4 is 11.1 Å². The van der Waals surface area contributed by atoms with Crippen molar-refractivity contribution >= 4 is 5.91 Å². The fourth-order valence-corrected chi connectivity index (χ4v) is 1.26. The molecule has 0 aromatic carbocycles. The summed E-state index contributed by atoms with van der Waals surface area (Å²) in [5, 5.41) is 3.07. The average molecular weight is 157 g/mol. The van der Waals surface area contributed by atoms with Crippen LogP contribution in [0.15, 0.2) is 0 Å². The van der Waals surface area contributed by atoms with Crippen molar-refractivity contribution in [2.45, 2.75) is 18.5 Å². The second-order valence-corrected chi connectivity index (χ2v) is 3.19. The van der Waals surface area contributed by atoms with E-state index < -0.39 is 0 Å². The van der Waals surface area contributed by atoms with Crippen LogP contribution in [-0.2, 0) is 4.79 Å². The van der Waals surface area contributed by atoms with Gasteiger partial charge in [-0.2, -0.15) is 0 Å². The average Bonchev–Trinajstić information content (AvgIpc) is 2.34. The van der Waals surface area contributed by atoms with E-state index in [0.717, 1.165) is 13.0 Å². The lowest BCUT2D eigenvalue weighted by Gasteiger charge is -2.15. The first-order chi connectivity index (χ1) is 5.11. The number of nitrogens with two attached hydrogens (primary N) is 1. The van der Waals surface area contributed by atoms with Gasteiger partial charge in [0.1, 0.15) is 0 Å². The molecule has 1 aliphatic heterocycles. The maximum Gasteiger partial charge on any atom is 0.239 e. The highest BCUT2D eigenvalue weighted by molar-refractivity contribution is 5.81. The van der Waals surface area contributed by atoms with Gasteiger partial charge in [-0.15, -0.1) is 0 Å². The molecule has 0 aliphatic carbocycles. The predicted octanol–water partition coefficient (Wildman–Crippen LogP) is -1.24. The maximum absolute atomic E-state index is 11.3. The van der Waals surface area contributed by atoms with Gasteiger partial charge in [0, 0.05) is 26.7 Å². The molecule has 1 aliphatic rings. The quantitative estimate of drug-likeness (QED) is 0.501. The highest BCUT2D eigenvalue weighted by Crippen LogP contribution is 2.05. The largest absolute Gasteiger partial charge is 0.347 e. The van der Waals surface area contributed by atoms with Crippen LogP contribution in [0.1, 0.15) is 6.42 Å². The normalized spacial score (nSPS) is 30.5. The van der Waals surface area contributed by atoms with Gasteiger partial charge in [0.25, 0.3) is 0 Å². The summed E-state index contributed by atoms with van der Waals surface area (Å²) < 4.78 is 0. The Kier molecular flexibility index (Phi) is 2.46. The van der Waals surface area contributed by atoms with Crippen molar-refractivity contribution in [1.82, 2.24) is 10.2 Å². The molecule has 0 spiro atoms. The molecule has 2 unspecified atom stereocenters. The molecule has 0 saturated carbocycles. The van der Waals surface area contributed by atoms with Crippen LogP contribution >= 0.6 is 0 Å². The van der Waals surface area contributed by atoms with E-state index in [4.69, 9.17) is 5.73 Å². The fraction of sp³-hybridized carbons (Fsp3) is 0.857. The van der Waals surface area contributed by atoms with Gasteiger partial charge in [0.15, 0.2) is 0 Å². The number of hydrogen-bond donors (Lipinski definition) is 2. The standard InChI is InChI=1S/C7H15N3O/c1-10(2)7(11)6-3-5(8)4-9-6/h5-6,9H,3-4,8H2,1-2H3. The van der Waals surface area contributed by atoms with Gasteiger partial charge in [0.2, 0.25) is 5.91 Å². The number of likely N-dealkylation sites (N-methyl/N-ethyl adjacent to an activating group) is 1. The molecule has 1 saturated heterocycles. The molecule has 2 atom stereocenters. The molecule has 64 valence electrons. The van der Waals surface area contributed by atoms with Crippen LogP contribution in [0.5, 0.6) is 0 Å². The lowest BCUT2D eigenvalue weighted by Crippen LogP contribution is -2.39. The molecule has 1 amide bonds. The van der Waals surface area contributed by atoms with Crippen LogP contribution in [0.4, 0.5) is 0 Å². The molecule has 1 heterocycles. The summed E-state index contributed by atoms with van der Waals surface area (Å²) in [6.45, 7) is 0.754. The molecule has 0 aromatic heterocycles. The van der Waals surface area contributed by atoms with Gasteiger partial charge in [-0.05, 0) is 6.42 Å². The SMILES string of the molecule is CN(C)C(=O)C1CC(N)CN1. The van der Waals surface area contributed by atoms with E-state index in [-0.39, 0.29) is 18.0 Å².